The van der Waals surface area contributed by atoms with Crippen molar-refractivity contribution in [1.82, 2.24) is 9.80 Å². The highest BCUT2D eigenvalue weighted by Crippen LogP contribution is 2.34. The maximum Gasteiger partial charge on any atom is 0.242 e. The Hall–Kier alpha value is -2.09. The summed E-state index contributed by atoms with van der Waals surface area (Å²) in [5.41, 5.74) is 1.13. The van der Waals surface area contributed by atoms with Crippen LogP contribution in [-0.4, -0.2) is 61.6 Å². The van der Waals surface area contributed by atoms with Crippen molar-refractivity contribution in [2.24, 2.45) is 5.92 Å². The third kappa shape index (κ3) is 6.24. The number of methoxy groups -OCH3 is 1. The molecule has 0 saturated heterocycles. The van der Waals surface area contributed by atoms with E-state index in [0.717, 1.165) is 12.0 Å². The fourth-order valence-corrected chi connectivity index (χ4v) is 4.92. The van der Waals surface area contributed by atoms with Crippen molar-refractivity contribution in [1.29, 1.82) is 0 Å². The average molecular weight is 479 g/mol. The second-order valence-electron chi connectivity index (χ2n) is 8.18. The number of fused-ring (bicyclic) bond motifs is 1. The minimum absolute atomic E-state index is 0.0170. The predicted molar refractivity (Wildman–Crippen MR) is 127 cm³/mol. The van der Waals surface area contributed by atoms with Crippen molar-refractivity contribution in [3.63, 3.8) is 0 Å². The molecule has 6 nitrogen and oxygen atoms in total. The first-order valence-electron chi connectivity index (χ1n) is 10.9. The monoisotopic (exact) mass is 478 g/mol. The zero-order valence-electron chi connectivity index (χ0n) is 18.9. The number of carbonyl (C=O) groups is 2. The van der Waals surface area contributed by atoms with Crippen molar-refractivity contribution in [2.45, 2.75) is 32.7 Å². The van der Waals surface area contributed by atoms with Crippen LogP contribution >= 0.6 is 22.9 Å². The first-order chi connectivity index (χ1) is 15.4. The fourth-order valence-electron chi connectivity index (χ4n) is 3.87. The topological polar surface area (TPSA) is 59.1 Å². The number of hydrogen-bond acceptors (Lipinski definition) is 5. The summed E-state index contributed by atoms with van der Waals surface area (Å²) in [7, 11) is 1.64. The van der Waals surface area contributed by atoms with Gasteiger partial charge in [-0.15, -0.1) is 11.3 Å². The SMILES string of the molecule is COCCCN(CC(=O)N1CCc2sccc2C1COc1ccc(Cl)cc1)C(=O)C(C)C. The van der Waals surface area contributed by atoms with E-state index in [-0.39, 0.29) is 30.3 Å². The highest BCUT2D eigenvalue weighted by molar-refractivity contribution is 7.10. The molecule has 0 fully saturated rings. The molecule has 1 aliphatic heterocycles. The van der Waals surface area contributed by atoms with Crippen LogP contribution in [-0.2, 0) is 20.7 Å². The summed E-state index contributed by atoms with van der Waals surface area (Å²) >= 11 is 7.69. The molecule has 8 heteroatoms. The third-order valence-corrected chi connectivity index (χ3v) is 6.79. The average Bonchev–Trinajstić information content (AvgIpc) is 3.26. The molecule has 0 spiro atoms. The summed E-state index contributed by atoms with van der Waals surface area (Å²) < 4.78 is 11.2. The van der Waals surface area contributed by atoms with Gasteiger partial charge in [0.15, 0.2) is 0 Å². The molecule has 174 valence electrons. The Balaban J connectivity index is 1.74. The second kappa shape index (κ2) is 11.7. The summed E-state index contributed by atoms with van der Waals surface area (Å²) in [6.07, 6.45) is 1.51. The molecule has 2 heterocycles. The zero-order valence-corrected chi connectivity index (χ0v) is 20.5. The summed E-state index contributed by atoms with van der Waals surface area (Å²) in [4.78, 5) is 30.9. The van der Waals surface area contributed by atoms with Gasteiger partial charge < -0.3 is 19.3 Å². The summed E-state index contributed by atoms with van der Waals surface area (Å²) in [6, 6.07) is 9.10. The van der Waals surface area contributed by atoms with Gasteiger partial charge in [-0.3, -0.25) is 9.59 Å². The van der Waals surface area contributed by atoms with Gasteiger partial charge in [0.25, 0.3) is 0 Å². The molecule has 2 amide bonds. The Morgan fingerprint density at radius 2 is 2.00 bits per heavy atom. The van der Waals surface area contributed by atoms with Crippen LogP contribution < -0.4 is 4.74 Å². The fraction of sp³-hybridized carbons (Fsp3) is 0.500. The number of nitrogens with zero attached hydrogens (tertiary/aromatic N) is 2. The van der Waals surface area contributed by atoms with Crippen molar-refractivity contribution < 1.29 is 19.1 Å². The summed E-state index contributed by atoms with van der Waals surface area (Å²) in [5, 5.41) is 2.71. The van der Waals surface area contributed by atoms with Crippen LogP contribution in [0.1, 0.15) is 36.8 Å². The van der Waals surface area contributed by atoms with Gasteiger partial charge in [0.2, 0.25) is 11.8 Å². The van der Waals surface area contributed by atoms with Gasteiger partial charge in [-0.1, -0.05) is 25.4 Å². The van der Waals surface area contributed by atoms with E-state index < -0.39 is 0 Å². The highest BCUT2D eigenvalue weighted by atomic mass is 35.5. The van der Waals surface area contributed by atoms with Crippen molar-refractivity contribution >= 4 is 34.8 Å². The van der Waals surface area contributed by atoms with E-state index >= 15 is 0 Å². The molecule has 0 saturated carbocycles. The molecular formula is C24H31ClN2O4S. The lowest BCUT2D eigenvalue weighted by atomic mass is 10.00. The molecule has 0 aliphatic carbocycles. The van der Waals surface area contributed by atoms with Gasteiger partial charge in [0.1, 0.15) is 12.4 Å². The number of rotatable bonds is 10. The van der Waals surface area contributed by atoms with E-state index in [1.807, 2.05) is 30.9 Å². The third-order valence-electron chi connectivity index (χ3n) is 5.54. The molecule has 1 unspecified atom stereocenters. The largest absolute Gasteiger partial charge is 0.491 e. The van der Waals surface area contributed by atoms with E-state index in [9.17, 15) is 9.59 Å². The van der Waals surface area contributed by atoms with Crippen LogP contribution in [0.25, 0.3) is 0 Å². The van der Waals surface area contributed by atoms with Crippen molar-refractivity contribution in [3.8, 4) is 5.75 Å². The van der Waals surface area contributed by atoms with Crippen LogP contribution in [0.15, 0.2) is 35.7 Å². The molecule has 32 heavy (non-hydrogen) atoms. The minimum Gasteiger partial charge on any atom is -0.491 e. The standard InChI is InChI=1S/C24H31ClN2O4S/c1-17(2)24(29)26(11-4-13-30-3)15-23(28)27-12-9-22-20(10-14-32-22)21(27)16-31-19-7-5-18(25)6-8-19/h5-8,10,14,17,21H,4,9,11-13,15-16H2,1-3H3. The van der Waals surface area contributed by atoms with E-state index in [1.165, 1.54) is 4.88 Å². The van der Waals surface area contributed by atoms with Gasteiger partial charge in [0, 0.05) is 42.6 Å². The number of hydrogen-bond donors (Lipinski definition) is 0. The number of thiophene rings is 1. The predicted octanol–water partition coefficient (Wildman–Crippen LogP) is 4.43. The lowest BCUT2D eigenvalue weighted by Gasteiger charge is -2.37. The number of amides is 2. The number of halogens is 1. The highest BCUT2D eigenvalue weighted by Gasteiger charge is 2.33. The molecule has 1 aromatic heterocycles. The van der Waals surface area contributed by atoms with Crippen LogP contribution in [0.3, 0.4) is 0 Å². The Morgan fingerprint density at radius 3 is 2.69 bits per heavy atom. The Bertz CT molecular complexity index is 900. The van der Waals surface area contributed by atoms with E-state index in [1.54, 1.807) is 35.5 Å². The van der Waals surface area contributed by atoms with Crippen LogP contribution in [0.4, 0.5) is 0 Å². The quantitative estimate of drug-likeness (QED) is 0.474. The van der Waals surface area contributed by atoms with Crippen LogP contribution in [0.5, 0.6) is 5.75 Å². The molecule has 0 radical (unpaired) electrons. The zero-order chi connectivity index (χ0) is 23.1. The Kier molecular flexibility index (Phi) is 8.96. The molecule has 1 atom stereocenters. The normalized spacial score (nSPS) is 15.5. The van der Waals surface area contributed by atoms with Gasteiger partial charge in [0.05, 0.1) is 12.6 Å². The van der Waals surface area contributed by atoms with Crippen LogP contribution in [0, 0.1) is 5.92 Å². The van der Waals surface area contributed by atoms with Gasteiger partial charge in [-0.05, 0) is 54.1 Å². The van der Waals surface area contributed by atoms with Gasteiger partial charge in [-0.2, -0.15) is 0 Å². The summed E-state index contributed by atoms with van der Waals surface area (Å²) in [6.45, 7) is 5.80. The molecule has 2 aromatic rings. The smallest absolute Gasteiger partial charge is 0.242 e. The van der Waals surface area contributed by atoms with E-state index in [0.29, 0.717) is 43.5 Å². The molecule has 3 rings (SSSR count). The Labute approximate surface area is 199 Å². The first kappa shape index (κ1) is 24.6. The lowest BCUT2D eigenvalue weighted by Crippen LogP contribution is -2.48. The molecule has 0 bridgehead atoms. The van der Waals surface area contributed by atoms with Gasteiger partial charge in [-0.25, -0.2) is 0 Å². The molecule has 1 aliphatic rings. The van der Waals surface area contributed by atoms with Crippen molar-refractivity contribution in [2.75, 3.05) is 40.0 Å². The Morgan fingerprint density at radius 1 is 1.25 bits per heavy atom. The maximum absolute atomic E-state index is 13.4. The maximum atomic E-state index is 13.4. The molecule has 1 aromatic carbocycles. The number of benzene rings is 1. The lowest BCUT2D eigenvalue weighted by molar-refractivity contribution is -0.144. The van der Waals surface area contributed by atoms with E-state index in [2.05, 4.69) is 11.4 Å². The minimum atomic E-state index is -0.192. The molecule has 0 N–H and O–H groups in total. The van der Waals surface area contributed by atoms with E-state index in [4.69, 9.17) is 21.1 Å². The first-order valence-corrected chi connectivity index (χ1v) is 12.2. The molecular weight excluding hydrogens is 448 g/mol. The summed E-state index contributed by atoms with van der Waals surface area (Å²) in [5.74, 6) is 0.467. The second-order valence-corrected chi connectivity index (χ2v) is 9.61. The van der Waals surface area contributed by atoms with Crippen molar-refractivity contribution in [3.05, 3.63) is 51.2 Å². The van der Waals surface area contributed by atoms with Gasteiger partial charge >= 0.3 is 0 Å². The number of ether oxygens (including phenoxy) is 2. The van der Waals surface area contributed by atoms with Crippen LogP contribution in [0.2, 0.25) is 5.02 Å². The number of carbonyl (C=O) groups excluding carboxylic acids is 2.